The standard InChI is InChI=1S/C20H22FN3O2/c21-20(9-10-20)19(26)23-11-8-16-6-7-17(24(16)13-12-23)18(25)22-14-15-4-2-1-3-5-15/h1-7H,8-14H2,(H,22,25). The van der Waals surface area contributed by atoms with Crippen molar-refractivity contribution in [2.24, 2.45) is 0 Å². The van der Waals surface area contributed by atoms with Crippen LogP contribution in [0.25, 0.3) is 0 Å². The van der Waals surface area contributed by atoms with Crippen LogP contribution in [0.1, 0.15) is 34.6 Å². The van der Waals surface area contributed by atoms with Gasteiger partial charge in [-0.25, -0.2) is 4.39 Å². The van der Waals surface area contributed by atoms with Gasteiger partial charge in [-0.3, -0.25) is 9.59 Å². The minimum Gasteiger partial charge on any atom is -0.347 e. The predicted octanol–water partition coefficient (Wildman–Crippen LogP) is 2.30. The molecular formula is C20H22FN3O2. The average molecular weight is 355 g/mol. The van der Waals surface area contributed by atoms with Gasteiger partial charge in [-0.05, 0) is 30.5 Å². The van der Waals surface area contributed by atoms with Crippen LogP contribution in [0.4, 0.5) is 4.39 Å². The first-order valence-corrected chi connectivity index (χ1v) is 9.06. The van der Waals surface area contributed by atoms with Crippen molar-refractivity contribution in [3.05, 3.63) is 59.4 Å². The zero-order valence-electron chi connectivity index (χ0n) is 14.6. The number of alkyl halides is 1. The molecule has 2 amide bonds. The Labute approximate surface area is 151 Å². The van der Waals surface area contributed by atoms with E-state index in [-0.39, 0.29) is 5.91 Å². The molecule has 1 aromatic carbocycles. The van der Waals surface area contributed by atoms with Gasteiger partial charge in [0.1, 0.15) is 5.69 Å². The molecule has 1 aliphatic carbocycles. The van der Waals surface area contributed by atoms with E-state index in [0.29, 0.717) is 51.1 Å². The second-order valence-electron chi connectivity index (χ2n) is 7.04. The fourth-order valence-electron chi connectivity index (χ4n) is 3.45. The van der Waals surface area contributed by atoms with E-state index < -0.39 is 11.6 Å². The van der Waals surface area contributed by atoms with Crippen molar-refractivity contribution in [2.45, 2.75) is 38.0 Å². The van der Waals surface area contributed by atoms with E-state index in [0.717, 1.165) is 11.3 Å². The highest BCUT2D eigenvalue weighted by Gasteiger charge is 2.52. The summed E-state index contributed by atoms with van der Waals surface area (Å²) in [6.45, 7) is 1.91. The molecule has 0 saturated heterocycles. The number of rotatable bonds is 4. The molecule has 2 aromatic rings. The summed E-state index contributed by atoms with van der Waals surface area (Å²) >= 11 is 0. The largest absolute Gasteiger partial charge is 0.347 e. The van der Waals surface area contributed by atoms with Crippen LogP contribution in [0.2, 0.25) is 0 Å². The normalized spacial score (nSPS) is 18.0. The topological polar surface area (TPSA) is 54.3 Å². The van der Waals surface area contributed by atoms with E-state index in [2.05, 4.69) is 5.32 Å². The summed E-state index contributed by atoms with van der Waals surface area (Å²) in [7, 11) is 0. The second kappa shape index (κ2) is 6.59. The van der Waals surface area contributed by atoms with E-state index in [1.807, 2.05) is 47.0 Å². The summed E-state index contributed by atoms with van der Waals surface area (Å²) in [4.78, 5) is 26.4. The molecular weight excluding hydrogens is 333 g/mol. The van der Waals surface area contributed by atoms with Crippen LogP contribution < -0.4 is 5.32 Å². The lowest BCUT2D eigenvalue weighted by Crippen LogP contribution is -2.40. The van der Waals surface area contributed by atoms with Crippen molar-refractivity contribution in [3.63, 3.8) is 0 Å². The number of benzene rings is 1. The monoisotopic (exact) mass is 355 g/mol. The average Bonchev–Trinajstić information content (AvgIpc) is 3.35. The number of amides is 2. The van der Waals surface area contributed by atoms with Crippen molar-refractivity contribution in [1.29, 1.82) is 0 Å². The number of halogens is 1. The van der Waals surface area contributed by atoms with Gasteiger partial charge in [0.15, 0.2) is 5.67 Å². The van der Waals surface area contributed by atoms with Gasteiger partial charge >= 0.3 is 0 Å². The molecule has 6 heteroatoms. The van der Waals surface area contributed by atoms with Crippen LogP contribution in [0.15, 0.2) is 42.5 Å². The van der Waals surface area contributed by atoms with Gasteiger partial charge < -0.3 is 14.8 Å². The number of nitrogens with zero attached hydrogens (tertiary/aromatic N) is 2. The molecule has 2 aliphatic rings. The van der Waals surface area contributed by atoms with Crippen LogP contribution in [-0.4, -0.2) is 40.0 Å². The Kier molecular flexibility index (Phi) is 4.26. The number of hydrogen-bond acceptors (Lipinski definition) is 2. The Hall–Kier alpha value is -2.63. The number of hydrogen-bond donors (Lipinski definition) is 1. The summed E-state index contributed by atoms with van der Waals surface area (Å²) < 4.78 is 16.0. The lowest BCUT2D eigenvalue weighted by molar-refractivity contribution is -0.138. The van der Waals surface area contributed by atoms with E-state index in [1.165, 1.54) is 0 Å². The summed E-state index contributed by atoms with van der Waals surface area (Å²) in [6, 6.07) is 13.5. The predicted molar refractivity (Wildman–Crippen MR) is 95.4 cm³/mol. The summed E-state index contributed by atoms with van der Waals surface area (Å²) in [5.74, 6) is -0.526. The zero-order chi connectivity index (χ0) is 18.1. The number of carbonyl (C=O) groups excluding carboxylic acids is 2. The van der Waals surface area contributed by atoms with Gasteiger partial charge in [-0.1, -0.05) is 30.3 Å². The van der Waals surface area contributed by atoms with Crippen molar-refractivity contribution in [2.75, 3.05) is 13.1 Å². The molecule has 5 nitrogen and oxygen atoms in total. The van der Waals surface area contributed by atoms with Crippen LogP contribution in [0.3, 0.4) is 0 Å². The molecule has 1 saturated carbocycles. The third-order valence-corrected chi connectivity index (χ3v) is 5.19. The first kappa shape index (κ1) is 16.8. The molecule has 1 N–H and O–H groups in total. The number of carbonyl (C=O) groups is 2. The van der Waals surface area contributed by atoms with Crippen molar-refractivity contribution in [3.8, 4) is 0 Å². The third-order valence-electron chi connectivity index (χ3n) is 5.19. The highest BCUT2D eigenvalue weighted by atomic mass is 19.1. The minimum absolute atomic E-state index is 0.135. The van der Waals surface area contributed by atoms with Crippen LogP contribution in [0, 0.1) is 0 Å². The fourth-order valence-corrected chi connectivity index (χ4v) is 3.45. The summed E-state index contributed by atoms with van der Waals surface area (Å²) in [6.07, 6.45) is 1.30. The number of nitrogens with one attached hydrogen (secondary N) is 1. The highest BCUT2D eigenvalue weighted by molar-refractivity contribution is 5.93. The molecule has 136 valence electrons. The maximum Gasteiger partial charge on any atom is 0.268 e. The van der Waals surface area contributed by atoms with Gasteiger partial charge in [0, 0.05) is 38.3 Å². The fraction of sp³-hybridized carbons (Fsp3) is 0.400. The molecule has 4 rings (SSSR count). The second-order valence-corrected chi connectivity index (χ2v) is 7.04. The molecule has 0 bridgehead atoms. The van der Waals surface area contributed by atoms with Crippen molar-refractivity contribution < 1.29 is 14.0 Å². The van der Waals surface area contributed by atoms with Gasteiger partial charge in [0.2, 0.25) is 0 Å². The minimum atomic E-state index is -1.63. The zero-order valence-corrected chi connectivity index (χ0v) is 14.6. The Morgan fingerprint density at radius 1 is 1.04 bits per heavy atom. The highest BCUT2D eigenvalue weighted by Crippen LogP contribution is 2.41. The molecule has 0 atom stereocenters. The SMILES string of the molecule is O=C(NCc1ccccc1)c1ccc2n1CCN(C(=O)C1(F)CC1)CC2. The molecule has 0 unspecified atom stereocenters. The van der Waals surface area contributed by atoms with Gasteiger partial charge in [-0.15, -0.1) is 0 Å². The molecule has 1 aromatic heterocycles. The lowest BCUT2D eigenvalue weighted by Gasteiger charge is -2.22. The molecule has 0 radical (unpaired) electrons. The maximum absolute atomic E-state index is 14.1. The van der Waals surface area contributed by atoms with Crippen LogP contribution in [0.5, 0.6) is 0 Å². The van der Waals surface area contributed by atoms with E-state index in [1.54, 1.807) is 4.90 Å². The smallest absolute Gasteiger partial charge is 0.268 e. The first-order chi connectivity index (χ1) is 12.6. The maximum atomic E-state index is 14.1. The molecule has 1 fully saturated rings. The molecule has 26 heavy (non-hydrogen) atoms. The van der Waals surface area contributed by atoms with Gasteiger partial charge in [-0.2, -0.15) is 0 Å². The van der Waals surface area contributed by atoms with Gasteiger partial charge in [0.25, 0.3) is 11.8 Å². The van der Waals surface area contributed by atoms with Crippen molar-refractivity contribution >= 4 is 11.8 Å². The van der Waals surface area contributed by atoms with Gasteiger partial charge in [0.05, 0.1) is 0 Å². The van der Waals surface area contributed by atoms with Crippen LogP contribution in [-0.2, 0) is 24.3 Å². The third kappa shape index (κ3) is 3.23. The Morgan fingerprint density at radius 2 is 1.81 bits per heavy atom. The molecule has 1 aliphatic heterocycles. The van der Waals surface area contributed by atoms with E-state index >= 15 is 0 Å². The summed E-state index contributed by atoms with van der Waals surface area (Å²) in [5.41, 5.74) is 1.01. The quantitative estimate of drug-likeness (QED) is 0.915. The summed E-state index contributed by atoms with van der Waals surface area (Å²) in [5, 5.41) is 2.94. The number of aromatic nitrogens is 1. The lowest BCUT2D eigenvalue weighted by atomic mass is 10.2. The Morgan fingerprint density at radius 3 is 2.54 bits per heavy atom. The van der Waals surface area contributed by atoms with Crippen LogP contribution >= 0.6 is 0 Å². The molecule has 0 spiro atoms. The van der Waals surface area contributed by atoms with E-state index in [9.17, 15) is 14.0 Å². The Bertz CT molecular complexity index is 827. The van der Waals surface area contributed by atoms with Crippen molar-refractivity contribution in [1.82, 2.24) is 14.8 Å². The Balaban J connectivity index is 1.42. The number of fused-ring (bicyclic) bond motifs is 1. The van der Waals surface area contributed by atoms with E-state index in [4.69, 9.17) is 0 Å². The molecule has 2 heterocycles. The first-order valence-electron chi connectivity index (χ1n) is 9.06.